The monoisotopic (exact) mass is 316 g/mol. The lowest BCUT2D eigenvalue weighted by molar-refractivity contribution is -0.385. The quantitative estimate of drug-likeness (QED) is 0.685. The highest BCUT2D eigenvalue weighted by Gasteiger charge is 2.16. The molecule has 1 aromatic rings. The fraction of sp³-hybridized carbons (Fsp3) is 0.455. The summed E-state index contributed by atoms with van der Waals surface area (Å²) < 4.78 is 0.530. The summed E-state index contributed by atoms with van der Waals surface area (Å²) in [7, 11) is 0. The van der Waals surface area contributed by atoms with Gasteiger partial charge in [0.25, 0.3) is 5.69 Å². The van der Waals surface area contributed by atoms with Crippen LogP contribution in [0.3, 0.4) is 0 Å². The second-order valence-corrected chi connectivity index (χ2v) is 5.99. The van der Waals surface area contributed by atoms with E-state index in [2.05, 4.69) is 21.2 Å². The zero-order chi connectivity index (χ0) is 12.3. The zero-order valence-electron chi connectivity index (χ0n) is 9.19. The van der Waals surface area contributed by atoms with Gasteiger partial charge in [0.05, 0.1) is 9.40 Å². The van der Waals surface area contributed by atoms with Crippen molar-refractivity contribution in [3.63, 3.8) is 0 Å². The summed E-state index contributed by atoms with van der Waals surface area (Å²) in [4.78, 5) is 10.4. The molecule has 4 nitrogen and oxygen atoms in total. The molecule has 0 amide bonds. The Hall–Kier alpha value is -0.590. The topological polar surface area (TPSA) is 55.2 Å². The van der Waals surface area contributed by atoms with Gasteiger partial charge in [0.15, 0.2) is 0 Å². The SMILES string of the molecule is O=[N+]([O-])c1cc(CNC2CCSC2)ccc1Br. The molecular formula is C11H13BrN2O2S. The summed E-state index contributed by atoms with van der Waals surface area (Å²) in [6.45, 7) is 0.694. The number of nitrogens with zero attached hydrogens (tertiary/aromatic N) is 1. The Balaban J connectivity index is 2.00. The van der Waals surface area contributed by atoms with Crippen molar-refractivity contribution in [3.8, 4) is 0 Å². The summed E-state index contributed by atoms with van der Waals surface area (Å²) in [5, 5.41) is 14.2. The van der Waals surface area contributed by atoms with E-state index >= 15 is 0 Å². The molecule has 1 unspecified atom stereocenters. The fourth-order valence-corrected chi connectivity index (χ4v) is 3.34. The largest absolute Gasteiger partial charge is 0.309 e. The van der Waals surface area contributed by atoms with E-state index in [1.807, 2.05) is 17.8 Å². The van der Waals surface area contributed by atoms with Gasteiger partial charge in [-0.1, -0.05) is 6.07 Å². The minimum absolute atomic E-state index is 0.130. The van der Waals surface area contributed by atoms with Gasteiger partial charge in [0.2, 0.25) is 0 Å². The maximum atomic E-state index is 10.8. The van der Waals surface area contributed by atoms with Crippen LogP contribution in [0.15, 0.2) is 22.7 Å². The van der Waals surface area contributed by atoms with Crippen LogP contribution in [0.2, 0.25) is 0 Å². The van der Waals surface area contributed by atoms with Gasteiger partial charge in [-0.3, -0.25) is 10.1 Å². The molecule has 0 saturated carbocycles. The van der Waals surface area contributed by atoms with Crippen LogP contribution in [0, 0.1) is 10.1 Å². The zero-order valence-corrected chi connectivity index (χ0v) is 11.6. The molecule has 92 valence electrons. The second-order valence-electron chi connectivity index (χ2n) is 3.98. The predicted molar refractivity (Wildman–Crippen MR) is 73.4 cm³/mol. The summed E-state index contributed by atoms with van der Waals surface area (Å²) in [6.07, 6.45) is 1.18. The molecule has 2 rings (SSSR count). The van der Waals surface area contributed by atoms with Crippen molar-refractivity contribution in [2.75, 3.05) is 11.5 Å². The van der Waals surface area contributed by atoms with E-state index in [-0.39, 0.29) is 10.6 Å². The Morgan fingerprint density at radius 3 is 3.06 bits per heavy atom. The van der Waals surface area contributed by atoms with Crippen molar-refractivity contribution in [2.24, 2.45) is 0 Å². The molecular weight excluding hydrogens is 304 g/mol. The van der Waals surface area contributed by atoms with Crippen LogP contribution >= 0.6 is 27.7 Å². The molecule has 0 bridgehead atoms. The fourth-order valence-electron chi connectivity index (χ4n) is 1.77. The number of hydrogen-bond acceptors (Lipinski definition) is 4. The third kappa shape index (κ3) is 3.43. The Labute approximate surface area is 112 Å². The number of halogens is 1. The van der Waals surface area contributed by atoms with E-state index in [1.54, 1.807) is 12.1 Å². The lowest BCUT2D eigenvalue weighted by atomic mass is 10.2. The third-order valence-electron chi connectivity index (χ3n) is 2.73. The molecule has 1 aromatic carbocycles. The van der Waals surface area contributed by atoms with Crippen LogP contribution in [0.25, 0.3) is 0 Å². The van der Waals surface area contributed by atoms with E-state index in [1.165, 1.54) is 12.2 Å². The number of nitrogens with one attached hydrogen (secondary N) is 1. The van der Waals surface area contributed by atoms with Crippen molar-refractivity contribution < 1.29 is 4.92 Å². The minimum Gasteiger partial charge on any atom is -0.309 e. The Bertz CT molecular complexity index is 422. The van der Waals surface area contributed by atoms with Gasteiger partial charge in [-0.15, -0.1) is 0 Å². The van der Waals surface area contributed by atoms with Gasteiger partial charge >= 0.3 is 0 Å². The lowest BCUT2D eigenvalue weighted by Crippen LogP contribution is -2.27. The molecule has 6 heteroatoms. The molecule has 0 aromatic heterocycles. The Morgan fingerprint density at radius 2 is 2.41 bits per heavy atom. The van der Waals surface area contributed by atoms with Crippen LogP contribution in [0.5, 0.6) is 0 Å². The van der Waals surface area contributed by atoms with E-state index in [4.69, 9.17) is 0 Å². The molecule has 1 aliphatic heterocycles. The summed E-state index contributed by atoms with van der Waals surface area (Å²) in [5.74, 6) is 2.34. The molecule has 1 N–H and O–H groups in total. The molecule has 1 heterocycles. The Morgan fingerprint density at radius 1 is 1.59 bits per heavy atom. The van der Waals surface area contributed by atoms with Crippen LogP contribution in [-0.4, -0.2) is 22.5 Å². The highest BCUT2D eigenvalue weighted by molar-refractivity contribution is 9.10. The van der Waals surface area contributed by atoms with Crippen LogP contribution < -0.4 is 5.32 Å². The van der Waals surface area contributed by atoms with Gasteiger partial charge in [0, 0.05) is 24.4 Å². The van der Waals surface area contributed by atoms with Crippen LogP contribution in [0.4, 0.5) is 5.69 Å². The van der Waals surface area contributed by atoms with Crippen molar-refractivity contribution in [2.45, 2.75) is 19.0 Å². The first kappa shape index (κ1) is 12.9. The minimum atomic E-state index is -0.362. The molecule has 17 heavy (non-hydrogen) atoms. The first-order chi connectivity index (χ1) is 8.16. The Kier molecular flexibility index (Phi) is 4.42. The standard InChI is InChI=1S/C11H13BrN2O2S/c12-10-2-1-8(5-11(10)14(15)16)6-13-9-3-4-17-7-9/h1-2,5,9,13H,3-4,6-7H2. The molecule has 1 saturated heterocycles. The van der Waals surface area contributed by atoms with Gasteiger partial charge in [-0.25, -0.2) is 0 Å². The number of rotatable bonds is 4. The molecule has 1 atom stereocenters. The lowest BCUT2D eigenvalue weighted by Gasteiger charge is -2.11. The van der Waals surface area contributed by atoms with E-state index < -0.39 is 0 Å². The predicted octanol–water partition coefficient (Wildman–Crippen LogP) is 2.95. The molecule has 0 aliphatic carbocycles. The second kappa shape index (κ2) is 5.84. The van der Waals surface area contributed by atoms with Gasteiger partial charge < -0.3 is 5.32 Å². The van der Waals surface area contributed by atoms with Crippen molar-refractivity contribution in [1.29, 1.82) is 0 Å². The van der Waals surface area contributed by atoms with Gasteiger partial charge in [-0.05, 0) is 39.7 Å². The smallest absolute Gasteiger partial charge is 0.283 e. The van der Waals surface area contributed by atoms with E-state index in [9.17, 15) is 10.1 Å². The van der Waals surface area contributed by atoms with E-state index in [0.717, 1.165) is 11.3 Å². The number of thioether (sulfide) groups is 1. The number of hydrogen-bond donors (Lipinski definition) is 1. The number of nitro benzene ring substituents is 1. The average molecular weight is 317 g/mol. The molecule has 1 aliphatic rings. The van der Waals surface area contributed by atoms with Crippen molar-refractivity contribution >= 4 is 33.4 Å². The summed E-state index contributed by atoms with van der Waals surface area (Å²) >= 11 is 5.13. The first-order valence-corrected chi connectivity index (χ1v) is 7.35. The van der Waals surface area contributed by atoms with Crippen molar-refractivity contribution in [3.05, 3.63) is 38.3 Å². The maximum absolute atomic E-state index is 10.8. The summed E-state index contributed by atoms with van der Waals surface area (Å²) in [5.41, 5.74) is 1.09. The number of nitro groups is 1. The van der Waals surface area contributed by atoms with Crippen LogP contribution in [-0.2, 0) is 6.54 Å². The van der Waals surface area contributed by atoms with Gasteiger partial charge in [0.1, 0.15) is 0 Å². The normalized spacial score (nSPS) is 19.5. The maximum Gasteiger partial charge on any atom is 0.283 e. The highest BCUT2D eigenvalue weighted by atomic mass is 79.9. The molecule has 0 radical (unpaired) electrons. The van der Waals surface area contributed by atoms with Gasteiger partial charge in [-0.2, -0.15) is 11.8 Å². The van der Waals surface area contributed by atoms with Crippen LogP contribution in [0.1, 0.15) is 12.0 Å². The first-order valence-electron chi connectivity index (χ1n) is 5.41. The highest BCUT2D eigenvalue weighted by Crippen LogP contribution is 2.26. The third-order valence-corrected chi connectivity index (χ3v) is 4.56. The van der Waals surface area contributed by atoms with E-state index in [0.29, 0.717) is 17.1 Å². The number of benzene rings is 1. The van der Waals surface area contributed by atoms with Crippen molar-refractivity contribution in [1.82, 2.24) is 5.32 Å². The molecule has 0 spiro atoms. The summed E-state index contributed by atoms with van der Waals surface area (Å²) in [6, 6.07) is 5.81. The average Bonchev–Trinajstić information content (AvgIpc) is 2.80. The molecule has 1 fully saturated rings.